The van der Waals surface area contributed by atoms with Crippen LogP contribution < -0.4 is 4.74 Å². The molecule has 2 aliphatic rings. The van der Waals surface area contributed by atoms with Gasteiger partial charge in [0.15, 0.2) is 23.3 Å². The second-order valence-corrected chi connectivity index (χ2v) is 15.2. The topological polar surface area (TPSA) is 73.7 Å². The van der Waals surface area contributed by atoms with E-state index in [0.717, 1.165) is 89.3 Å². The third-order valence-electron chi connectivity index (χ3n) is 11.8. The first-order valence-corrected chi connectivity index (χ1v) is 20.1. The summed E-state index contributed by atoms with van der Waals surface area (Å²) in [6.45, 7) is 0. The zero-order valence-corrected chi connectivity index (χ0v) is 32.2. The summed E-state index contributed by atoms with van der Waals surface area (Å²) in [7, 11) is 0. The van der Waals surface area contributed by atoms with Gasteiger partial charge in [0.05, 0.1) is 16.6 Å². The van der Waals surface area contributed by atoms with Gasteiger partial charge in [-0.15, -0.1) is 0 Å². The molecule has 2 aromatic heterocycles. The molecule has 60 heavy (non-hydrogen) atoms. The molecule has 0 fully saturated rings. The molecule has 1 aliphatic carbocycles. The van der Waals surface area contributed by atoms with Gasteiger partial charge >= 0.3 is 0 Å². The summed E-state index contributed by atoms with van der Waals surface area (Å²) < 4.78 is 6.72. The molecule has 10 aromatic rings. The molecule has 6 heteroatoms. The highest BCUT2D eigenvalue weighted by atomic mass is 16.5. The summed E-state index contributed by atoms with van der Waals surface area (Å²) in [6.07, 6.45) is 0. The lowest BCUT2D eigenvalue weighted by Crippen LogP contribution is -2.32. The van der Waals surface area contributed by atoms with E-state index in [1.807, 2.05) is 91.0 Å². The predicted molar refractivity (Wildman–Crippen MR) is 237 cm³/mol. The van der Waals surface area contributed by atoms with Crippen LogP contribution in [0.25, 0.3) is 78.8 Å². The third kappa shape index (κ3) is 5.17. The number of nitrogens with zero attached hydrogens (tertiary/aromatic N) is 5. The quantitative estimate of drug-likeness (QED) is 0.174. The van der Waals surface area contributed by atoms with Gasteiger partial charge in [-0.1, -0.05) is 176 Å². The Morgan fingerprint density at radius 3 is 1.53 bits per heavy atom. The van der Waals surface area contributed by atoms with Crippen LogP contribution in [0, 0.1) is 0 Å². The Bertz CT molecular complexity index is 3190. The number of ether oxygens (including phenoxy) is 1. The fourth-order valence-corrected chi connectivity index (χ4v) is 9.24. The van der Waals surface area contributed by atoms with E-state index in [4.69, 9.17) is 29.7 Å². The van der Waals surface area contributed by atoms with E-state index in [2.05, 4.69) is 109 Å². The van der Waals surface area contributed by atoms with Crippen molar-refractivity contribution in [2.24, 2.45) is 0 Å². The van der Waals surface area contributed by atoms with E-state index >= 15 is 0 Å². The number of fused-ring (bicyclic) bond motifs is 10. The van der Waals surface area contributed by atoms with Crippen LogP contribution in [-0.2, 0) is 5.41 Å². The average Bonchev–Trinajstić information content (AvgIpc) is 3.62. The third-order valence-corrected chi connectivity index (χ3v) is 11.8. The van der Waals surface area contributed by atoms with Crippen molar-refractivity contribution in [3.8, 4) is 79.4 Å². The lowest BCUT2D eigenvalue weighted by atomic mass is 9.65. The van der Waals surface area contributed by atoms with Crippen LogP contribution in [0.3, 0.4) is 0 Å². The van der Waals surface area contributed by atoms with Crippen LogP contribution in [0.1, 0.15) is 22.3 Å². The Balaban J connectivity index is 1.16. The van der Waals surface area contributed by atoms with Crippen LogP contribution in [0.5, 0.6) is 11.5 Å². The highest BCUT2D eigenvalue weighted by Gasteiger charge is 2.52. The van der Waals surface area contributed by atoms with Crippen molar-refractivity contribution >= 4 is 10.9 Å². The minimum Gasteiger partial charge on any atom is -0.457 e. The summed E-state index contributed by atoms with van der Waals surface area (Å²) >= 11 is 0. The van der Waals surface area contributed by atoms with Gasteiger partial charge in [0.25, 0.3) is 0 Å². The highest BCUT2D eigenvalue weighted by Crippen LogP contribution is 2.64. The van der Waals surface area contributed by atoms with Crippen LogP contribution in [0.2, 0.25) is 0 Å². The zero-order valence-electron chi connectivity index (χ0n) is 32.2. The van der Waals surface area contributed by atoms with Crippen LogP contribution in [-0.4, -0.2) is 24.9 Å². The second-order valence-electron chi connectivity index (χ2n) is 15.2. The van der Waals surface area contributed by atoms with E-state index in [1.165, 1.54) is 0 Å². The van der Waals surface area contributed by atoms with E-state index in [-0.39, 0.29) is 0 Å². The highest BCUT2D eigenvalue weighted by molar-refractivity contribution is 5.96. The fraction of sp³-hybridized carbons (Fsp3) is 0.0185. The van der Waals surface area contributed by atoms with Crippen LogP contribution in [0.15, 0.2) is 200 Å². The van der Waals surface area contributed by atoms with Crippen molar-refractivity contribution in [3.05, 3.63) is 222 Å². The Hall–Kier alpha value is -8.09. The molecule has 6 nitrogen and oxygen atoms in total. The maximum absolute atomic E-state index is 6.72. The predicted octanol–water partition coefficient (Wildman–Crippen LogP) is 12.6. The summed E-state index contributed by atoms with van der Waals surface area (Å²) in [6, 6.07) is 68.9. The van der Waals surface area contributed by atoms with Crippen molar-refractivity contribution in [2.45, 2.75) is 5.41 Å². The lowest BCUT2D eigenvalue weighted by Gasteiger charge is -2.40. The Kier molecular flexibility index (Phi) is 7.65. The molecule has 0 unspecified atom stereocenters. The molecule has 1 spiro atoms. The van der Waals surface area contributed by atoms with Gasteiger partial charge < -0.3 is 4.74 Å². The van der Waals surface area contributed by atoms with Gasteiger partial charge in [0.1, 0.15) is 11.5 Å². The number of benzene rings is 8. The number of hydrogen-bond acceptors (Lipinski definition) is 6. The number of rotatable bonds is 5. The second kappa shape index (κ2) is 13.5. The molecule has 1 aliphatic heterocycles. The van der Waals surface area contributed by atoms with E-state index in [9.17, 15) is 0 Å². The molecule has 0 atom stereocenters. The van der Waals surface area contributed by atoms with Crippen LogP contribution >= 0.6 is 0 Å². The minimum absolute atomic E-state index is 0.596. The SMILES string of the molecule is c1ccc(-c2nc(-c3ccccc3)nc(-c3cccc4c3C3(c5ccccc5Oc5ccccc53)c3ccc(-c5nc(-c6ccccc6)c6ccccc6n5)cc3-4)n2)cc1. The van der Waals surface area contributed by atoms with Gasteiger partial charge in [-0.05, 0) is 46.5 Å². The smallest absolute Gasteiger partial charge is 0.164 e. The van der Waals surface area contributed by atoms with Crippen molar-refractivity contribution in [2.75, 3.05) is 0 Å². The summed E-state index contributed by atoms with van der Waals surface area (Å²) in [5.74, 6) is 4.10. The molecular formula is C54H33N5O. The normalized spacial score (nSPS) is 12.9. The van der Waals surface area contributed by atoms with Crippen molar-refractivity contribution in [3.63, 3.8) is 0 Å². The van der Waals surface area contributed by atoms with E-state index in [0.29, 0.717) is 23.3 Å². The summed E-state index contributed by atoms with van der Waals surface area (Å²) in [4.78, 5) is 26.1. The molecule has 0 amide bonds. The largest absolute Gasteiger partial charge is 0.457 e. The average molecular weight is 768 g/mol. The van der Waals surface area contributed by atoms with Gasteiger partial charge in [0.2, 0.25) is 0 Å². The molecule has 12 rings (SSSR count). The van der Waals surface area contributed by atoms with Gasteiger partial charge in [-0.25, -0.2) is 24.9 Å². The first-order valence-electron chi connectivity index (χ1n) is 20.1. The maximum atomic E-state index is 6.72. The molecule has 0 saturated carbocycles. The summed E-state index contributed by atoms with van der Waals surface area (Å²) in [5, 5.41) is 1.01. The van der Waals surface area contributed by atoms with E-state index in [1.54, 1.807) is 0 Å². The maximum Gasteiger partial charge on any atom is 0.164 e. The number of hydrogen-bond donors (Lipinski definition) is 0. The molecule has 280 valence electrons. The lowest BCUT2D eigenvalue weighted by molar-refractivity contribution is 0.436. The monoisotopic (exact) mass is 767 g/mol. The Morgan fingerprint density at radius 2 is 0.867 bits per heavy atom. The zero-order chi connectivity index (χ0) is 39.6. The van der Waals surface area contributed by atoms with Crippen molar-refractivity contribution in [1.82, 2.24) is 24.9 Å². The Morgan fingerprint density at radius 1 is 0.333 bits per heavy atom. The van der Waals surface area contributed by atoms with Gasteiger partial charge in [-0.3, -0.25) is 0 Å². The summed E-state index contributed by atoms with van der Waals surface area (Å²) in [5.41, 5.74) is 12.3. The van der Waals surface area contributed by atoms with Crippen molar-refractivity contribution < 1.29 is 4.74 Å². The first-order chi connectivity index (χ1) is 29.7. The van der Waals surface area contributed by atoms with E-state index < -0.39 is 5.41 Å². The molecule has 3 heterocycles. The molecular weight excluding hydrogens is 735 g/mol. The van der Waals surface area contributed by atoms with Gasteiger partial charge in [-0.2, -0.15) is 0 Å². The van der Waals surface area contributed by atoms with Crippen molar-refractivity contribution in [1.29, 1.82) is 0 Å². The molecule has 0 bridgehead atoms. The molecule has 0 N–H and O–H groups in total. The Labute approximate surface area is 346 Å². The van der Waals surface area contributed by atoms with Crippen LogP contribution in [0.4, 0.5) is 0 Å². The number of aromatic nitrogens is 5. The standard InChI is InChI=1S/C54H33N5O/c1-4-17-34(18-5-1)49-39-23-10-13-28-45(39)55-52(56-49)37-31-32-42-41(33-37)38-24-16-25-40(48(38)54(42)43-26-11-14-29-46(43)60-47-30-15-12-27-44(47)54)53-58-50(35-19-6-2-7-20-35)57-51(59-53)36-21-8-3-9-22-36/h1-33H. The molecule has 0 saturated heterocycles. The number of para-hydroxylation sites is 3. The first kappa shape index (κ1) is 34.0. The minimum atomic E-state index is -0.781. The molecule has 0 radical (unpaired) electrons. The molecule has 8 aromatic carbocycles. The fourth-order valence-electron chi connectivity index (χ4n) is 9.24. The van der Waals surface area contributed by atoms with Gasteiger partial charge in [0, 0.05) is 44.3 Å².